The van der Waals surface area contributed by atoms with E-state index in [0.717, 1.165) is 38.5 Å². The molecule has 24 heavy (non-hydrogen) atoms. The fraction of sp³-hybridized carbons (Fsp3) is 0.556. The largest absolute Gasteiger partial charge is 0.446 e. The fourth-order valence-corrected chi connectivity index (χ4v) is 3.20. The number of halogens is 1. The summed E-state index contributed by atoms with van der Waals surface area (Å²) in [5.74, 6) is -0.0398. The number of benzene rings is 1. The van der Waals surface area contributed by atoms with Crippen molar-refractivity contribution in [2.24, 2.45) is 5.92 Å². The van der Waals surface area contributed by atoms with Crippen molar-refractivity contribution in [2.45, 2.75) is 57.1 Å². The number of hydrogen-bond donors (Lipinski definition) is 2. The summed E-state index contributed by atoms with van der Waals surface area (Å²) in [6.45, 7) is 0. The Kier molecular flexibility index (Phi) is 5.33. The normalized spacial score (nSPS) is 23.9. The molecular formula is C18H23FN2O3. The molecule has 0 bridgehead atoms. The summed E-state index contributed by atoms with van der Waals surface area (Å²) in [7, 11) is 0. The number of rotatable bonds is 4. The van der Waals surface area contributed by atoms with Crippen LogP contribution < -0.4 is 10.6 Å². The molecule has 1 aromatic carbocycles. The molecule has 2 atom stereocenters. The quantitative estimate of drug-likeness (QED) is 0.884. The maximum atomic E-state index is 12.9. The maximum absolute atomic E-state index is 12.9. The molecule has 3 rings (SSSR count). The van der Waals surface area contributed by atoms with Gasteiger partial charge in [0.15, 0.2) is 0 Å². The SMILES string of the molecule is O=C(Nc1ccc(F)cc1)O[C@H]1CCC[C@H](NC(=O)C2CCC2)C1. The van der Waals surface area contributed by atoms with Gasteiger partial charge in [-0.2, -0.15) is 0 Å². The van der Waals surface area contributed by atoms with Crippen molar-refractivity contribution in [3.8, 4) is 0 Å². The molecule has 2 aliphatic carbocycles. The number of ether oxygens (including phenoxy) is 1. The van der Waals surface area contributed by atoms with Gasteiger partial charge in [0.2, 0.25) is 5.91 Å². The van der Waals surface area contributed by atoms with E-state index in [0.29, 0.717) is 12.1 Å². The standard InChI is InChI=1S/C18H23FN2O3/c19-13-7-9-14(10-8-13)21-18(23)24-16-6-2-5-15(11-16)20-17(22)12-3-1-4-12/h7-10,12,15-16H,1-6,11H2,(H,20,22)(H,21,23)/t15-,16-/m0/s1. The van der Waals surface area contributed by atoms with Crippen LogP contribution in [0.5, 0.6) is 0 Å². The van der Waals surface area contributed by atoms with E-state index >= 15 is 0 Å². The first-order valence-corrected chi connectivity index (χ1v) is 8.64. The van der Waals surface area contributed by atoms with Gasteiger partial charge in [0.05, 0.1) is 0 Å². The van der Waals surface area contributed by atoms with Crippen molar-refractivity contribution < 1.29 is 18.7 Å². The summed E-state index contributed by atoms with van der Waals surface area (Å²) < 4.78 is 18.3. The second kappa shape index (κ2) is 7.64. The molecule has 0 aromatic heterocycles. The predicted octanol–water partition coefficient (Wildman–Crippen LogP) is 3.60. The minimum absolute atomic E-state index is 0.0791. The topological polar surface area (TPSA) is 67.4 Å². The van der Waals surface area contributed by atoms with Gasteiger partial charge in [0.1, 0.15) is 11.9 Å². The van der Waals surface area contributed by atoms with Gasteiger partial charge in [0, 0.05) is 24.1 Å². The average Bonchev–Trinajstić information content (AvgIpc) is 2.48. The smallest absolute Gasteiger partial charge is 0.411 e. The summed E-state index contributed by atoms with van der Waals surface area (Å²) in [6, 6.07) is 5.61. The van der Waals surface area contributed by atoms with Gasteiger partial charge in [-0.1, -0.05) is 6.42 Å². The number of carbonyl (C=O) groups excluding carboxylic acids is 2. The molecule has 0 radical (unpaired) electrons. The van der Waals surface area contributed by atoms with E-state index in [1.165, 1.54) is 24.3 Å². The minimum atomic E-state index is -0.544. The fourth-order valence-electron chi connectivity index (χ4n) is 3.20. The van der Waals surface area contributed by atoms with Crippen LogP contribution in [0.1, 0.15) is 44.9 Å². The zero-order chi connectivity index (χ0) is 16.9. The second-order valence-corrected chi connectivity index (χ2v) is 6.66. The molecule has 5 nitrogen and oxygen atoms in total. The van der Waals surface area contributed by atoms with Gasteiger partial charge in [-0.15, -0.1) is 0 Å². The lowest BCUT2D eigenvalue weighted by molar-refractivity contribution is -0.128. The van der Waals surface area contributed by atoms with Crippen LogP contribution in [-0.2, 0) is 9.53 Å². The van der Waals surface area contributed by atoms with Gasteiger partial charge in [0.25, 0.3) is 0 Å². The van der Waals surface area contributed by atoms with Crippen LogP contribution in [0.25, 0.3) is 0 Å². The highest BCUT2D eigenvalue weighted by atomic mass is 19.1. The Hall–Kier alpha value is -2.11. The first-order valence-electron chi connectivity index (χ1n) is 8.64. The summed E-state index contributed by atoms with van der Waals surface area (Å²) in [4.78, 5) is 24.0. The summed E-state index contributed by atoms with van der Waals surface area (Å²) >= 11 is 0. The van der Waals surface area contributed by atoms with E-state index < -0.39 is 6.09 Å². The van der Waals surface area contributed by atoms with Gasteiger partial charge in [-0.05, 0) is 56.4 Å². The first-order chi connectivity index (χ1) is 11.6. The Labute approximate surface area is 141 Å². The number of amides is 2. The molecule has 6 heteroatoms. The lowest BCUT2D eigenvalue weighted by Crippen LogP contribution is -2.44. The van der Waals surface area contributed by atoms with Crippen LogP contribution in [0.4, 0.5) is 14.9 Å². The second-order valence-electron chi connectivity index (χ2n) is 6.66. The van der Waals surface area contributed by atoms with Crippen molar-refractivity contribution in [1.29, 1.82) is 0 Å². The number of hydrogen-bond acceptors (Lipinski definition) is 3. The zero-order valence-corrected chi connectivity index (χ0v) is 13.6. The lowest BCUT2D eigenvalue weighted by Gasteiger charge is -2.32. The van der Waals surface area contributed by atoms with E-state index in [1.54, 1.807) is 0 Å². The van der Waals surface area contributed by atoms with Crippen molar-refractivity contribution in [3.63, 3.8) is 0 Å². The maximum Gasteiger partial charge on any atom is 0.411 e. The van der Waals surface area contributed by atoms with Gasteiger partial charge < -0.3 is 10.1 Å². The average molecular weight is 334 g/mol. The Morgan fingerprint density at radius 1 is 1.04 bits per heavy atom. The highest BCUT2D eigenvalue weighted by Crippen LogP contribution is 2.28. The van der Waals surface area contributed by atoms with E-state index in [1.807, 2.05) is 0 Å². The molecule has 2 N–H and O–H groups in total. The van der Waals surface area contributed by atoms with Gasteiger partial charge in [-0.25, -0.2) is 9.18 Å². The van der Waals surface area contributed by atoms with Gasteiger partial charge in [-0.3, -0.25) is 10.1 Å². The third kappa shape index (κ3) is 4.46. The van der Waals surface area contributed by atoms with E-state index in [9.17, 15) is 14.0 Å². The highest BCUT2D eigenvalue weighted by molar-refractivity contribution is 5.84. The Morgan fingerprint density at radius 3 is 2.42 bits per heavy atom. The van der Waals surface area contributed by atoms with Crippen LogP contribution >= 0.6 is 0 Å². The van der Waals surface area contributed by atoms with Crippen LogP contribution in [0.2, 0.25) is 0 Å². The van der Waals surface area contributed by atoms with Crippen LogP contribution in [0.15, 0.2) is 24.3 Å². The monoisotopic (exact) mass is 334 g/mol. The number of anilines is 1. The number of nitrogens with one attached hydrogen (secondary N) is 2. The van der Waals surface area contributed by atoms with Crippen molar-refractivity contribution in [1.82, 2.24) is 5.32 Å². The Balaban J connectivity index is 1.44. The molecule has 130 valence electrons. The molecule has 0 spiro atoms. The van der Waals surface area contributed by atoms with Crippen LogP contribution in [-0.4, -0.2) is 24.1 Å². The van der Waals surface area contributed by atoms with Crippen LogP contribution in [0, 0.1) is 11.7 Å². The van der Waals surface area contributed by atoms with E-state index in [2.05, 4.69) is 10.6 Å². The third-order valence-electron chi connectivity index (χ3n) is 4.81. The first kappa shape index (κ1) is 16.7. The minimum Gasteiger partial charge on any atom is -0.446 e. The van der Waals surface area contributed by atoms with Crippen molar-refractivity contribution in [2.75, 3.05) is 5.32 Å². The molecule has 0 aliphatic heterocycles. The summed E-state index contributed by atoms with van der Waals surface area (Å²) in [5.41, 5.74) is 0.493. The van der Waals surface area contributed by atoms with E-state index in [4.69, 9.17) is 4.74 Å². The molecule has 0 heterocycles. The molecule has 2 fully saturated rings. The predicted molar refractivity (Wildman–Crippen MR) is 88.0 cm³/mol. The number of carbonyl (C=O) groups is 2. The molecule has 2 aliphatic rings. The third-order valence-corrected chi connectivity index (χ3v) is 4.81. The molecule has 0 saturated heterocycles. The molecular weight excluding hydrogens is 311 g/mol. The molecule has 2 amide bonds. The summed E-state index contributed by atoms with van der Waals surface area (Å²) in [6.07, 6.45) is 5.66. The lowest BCUT2D eigenvalue weighted by atomic mass is 9.84. The van der Waals surface area contributed by atoms with Crippen LogP contribution in [0.3, 0.4) is 0 Å². The van der Waals surface area contributed by atoms with Crippen molar-refractivity contribution in [3.05, 3.63) is 30.1 Å². The summed E-state index contributed by atoms with van der Waals surface area (Å²) in [5, 5.41) is 5.68. The van der Waals surface area contributed by atoms with Gasteiger partial charge >= 0.3 is 6.09 Å². The Morgan fingerprint density at radius 2 is 1.75 bits per heavy atom. The van der Waals surface area contributed by atoms with Crippen molar-refractivity contribution >= 4 is 17.7 Å². The van der Waals surface area contributed by atoms with E-state index in [-0.39, 0.29) is 29.8 Å². The molecule has 2 saturated carbocycles. The highest BCUT2D eigenvalue weighted by Gasteiger charge is 2.30. The molecule has 1 aromatic rings. The Bertz CT molecular complexity index is 586. The zero-order valence-electron chi connectivity index (χ0n) is 13.6. The molecule has 0 unspecified atom stereocenters.